The van der Waals surface area contributed by atoms with Crippen LogP contribution in [0.3, 0.4) is 0 Å². The van der Waals surface area contributed by atoms with Crippen LogP contribution in [0.15, 0.2) is 16.5 Å². The van der Waals surface area contributed by atoms with Gasteiger partial charge in [-0.15, -0.1) is 0 Å². The Morgan fingerprint density at radius 1 is 1.25 bits per heavy atom. The second kappa shape index (κ2) is 7.73. The Hall–Kier alpha value is -1.98. The monoisotopic (exact) mass is 333 g/mol. The fraction of sp³-hybridized carbons (Fsp3) is 0.667. The summed E-state index contributed by atoms with van der Waals surface area (Å²) in [6, 6.07) is 3.87. The number of carbonyl (C=O) groups is 2. The maximum absolute atomic E-state index is 12.9. The van der Waals surface area contributed by atoms with Crippen molar-refractivity contribution in [3.8, 4) is 0 Å². The molecule has 0 unspecified atom stereocenters. The quantitative estimate of drug-likeness (QED) is 0.921. The molecule has 6 heteroatoms. The molecule has 2 saturated heterocycles. The first kappa shape index (κ1) is 16.9. The van der Waals surface area contributed by atoms with Crippen molar-refractivity contribution in [2.24, 2.45) is 0 Å². The first-order valence-corrected chi connectivity index (χ1v) is 9.10. The maximum atomic E-state index is 12.9. The highest BCUT2D eigenvalue weighted by molar-refractivity contribution is 5.84. The number of nitrogens with zero attached hydrogens (tertiary/aromatic N) is 2. The minimum absolute atomic E-state index is 0.00634. The molecule has 3 rings (SSSR count). The van der Waals surface area contributed by atoms with Crippen LogP contribution in [0.2, 0.25) is 0 Å². The highest BCUT2D eigenvalue weighted by atomic mass is 16.3. The molecule has 0 saturated carbocycles. The number of aryl methyl sites for hydroxylation is 1. The van der Waals surface area contributed by atoms with Crippen molar-refractivity contribution in [3.63, 3.8) is 0 Å². The summed E-state index contributed by atoms with van der Waals surface area (Å²) in [4.78, 5) is 28.3. The van der Waals surface area contributed by atoms with Crippen LogP contribution in [0.25, 0.3) is 0 Å². The molecule has 1 atom stereocenters. The Morgan fingerprint density at radius 3 is 2.88 bits per heavy atom. The summed E-state index contributed by atoms with van der Waals surface area (Å²) in [5, 5.41) is 2.80. The standard InChI is InChI=1S/C18H27N3O3/c1-2-14-8-9-16(24-14)15-7-4-3-5-12-21(15)17(22)13-20-11-6-10-19-18(20)23/h8-9,15H,2-7,10-13H2,1H3,(H,19,23)/t15-/m1/s1. The molecule has 24 heavy (non-hydrogen) atoms. The van der Waals surface area contributed by atoms with E-state index in [1.54, 1.807) is 4.90 Å². The molecule has 132 valence electrons. The molecule has 3 heterocycles. The summed E-state index contributed by atoms with van der Waals surface area (Å²) < 4.78 is 5.93. The molecule has 0 spiro atoms. The average Bonchev–Trinajstić information content (AvgIpc) is 2.93. The minimum atomic E-state index is -0.132. The van der Waals surface area contributed by atoms with Gasteiger partial charge in [0.1, 0.15) is 18.1 Å². The van der Waals surface area contributed by atoms with Gasteiger partial charge in [-0.25, -0.2) is 4.79 Å². The zero-order chi connectivity index (χ0) is 16.9. The number of amides is 3. The molecular formula is C18H27N3O3. The Morgan fingerprint density at radius 2 is 2.12 bits per heavy atom. The molecule has 6 nitrogen and oxygen atoms in total. The number of rotatable bonds is 4. The third-order valence-electron chi connectivity index (χ3n) is 4.93. The van der Waals surface area contributed by atoms with Crippen molar-refractivity contribution < 1.29 is 14.0 Å². The molecule has 1 aromatic heterocycles. The Labute approximate surface area is 143 Å². The summed E-state index contributed by atoms with van der Waals surface area (Å²) in [6.45, 7) is 4.30. The lowest BCUT2D eigenvalue weighted by molar-refractivity contribution is -0.134. The minimum Gasteiger partial charge on any atom is -0.464 e. The van der Waals surface area contributed by atoms with Crippen LogP contribution >= 0.6 is 0 Å². The molecule has 0 radical (unpaired) electrons. The van der Waals surface area contributed by atoms with Gasteiger partial charge in [0, 0.05) is 26.1 Å². The molecule has 1 aromatic rings. The molecule has 2 aliphatic rings. The number of hydrogen-bond acceptors (Lipinski definition) is 3. The van der Waals surface area contributed by atoms with E-state index in [1.807, 2.05) is 17.0 Å². The van der Waals surface area contributed by atoms with Crippen LogP contribution in [0, 0.1) is 0 Å². The van der Waals surface area contributed by atoms with Crippen molar-refractivity contribution in [1.82, 2.24) is 15.1 Å². The topological polar surface area (TPSA) is 65.8 Å². The van der Waals surface area contributed by atoms with E-state index < -0.39 is 0 Å². The largest absolute Gasteiger partial charge is 0.464 e. The van der Waals surface area contributed by atoms with Gasteiger partial charge >= 0.3 is 6.03 Å². The predicted molar refractivity (Wildman–Crippen MR) is 90.6 cm³/mol. The van der Waals surface area contributed by atoms with Crippen LogP contribution in [0.1, 0.15) is 56.6 Å². The molecule has 1 N–H and O–H groups in total. The first-order valence-electron chi connectivity index (χ1n) is 9.10. The molecule has 2 aliphatic heterocycles. The fourth-order valence-electron chi connectivity index (χ4n) is 3.55. The third-order valence-corrected chi connectivity index (χ3v) is 4.93. The van der Waals surface area contributed by atoms with Crippen LogP contribution < -0.4 is 5.32 Å². The Kier molecular flexibility index (Phi) is 5.43. The van der Waals surface area contributed by atoms with Gasteiger partial charge < -0.3 is 19.5 Å². The predicted octanol–water partition coefficient (Wildman–Crippen LogP) is 2.70. The number of furan rings is 1. The normalized spacial score (nSPS) is 22.2. The number of hydrogen-bond donors (Lipinski definition) is 1. The van der Waals surface area contributed by atoms with E-state index in [0.717, 1.165) is 56.6 Å². The van der Waals surface area contributed by atoms with Gasteiger partial charge in [0.15, 0.2) is 0 Å². The zero-order valence-electron chi connectivity index (χ0n) is 14.4. The molecule has 0 bridgehead atoms. The first-order chi connectivity index (χ1) is 11.7. The highest BCUT2D eigenvalue weighted by Gasteiger charge is 2.31. The molecule has 3 amide bonds. The number of likely N-dealkylation sites (tertiary alicyclic amines) is 1. The van der Waals surface area contributed by atoms with Gasteiger partial charge in [0.2, 0.25) is 5.91 Å². The second-order valence-electron chi connectivity index (χ2n) is 6.62. The van der Waals surface area contributed by atoms with E-state index in [4.69, 9.17) is 4.42 Å². The third kappa shape index (κ3) is 3.74. The number of urea groups is 1. The maximum Gasteiger partial charge on any atom is 0.317 e. The van der Waals surface area contributed by atoms with E-state index in [1.165, 1.54) is 0 Å². The summed E-state index contributed by atoms with van der Waals surface area (Å²) in [6.07, 6.45) is 5.91. The summed E-state index contributed by atoms with van der Waals surface area (Å²) >= 11 is 0. The summed E-state index contributed by atoms with van der Waals surface area (Å²) in [7, 11) is 0. The van der Waals surface area contributed by atoms with Gasteiger partial charge in [-0.1, -0.05) is 19.8 Å². The van der Waals surface area contributed by atoms with Crippen LogP contribution in [0.4, 0.5) is 4.79 Å². The smallest absolute Gasteiger partial charge is 0.317 e. The van der Waals surface area contributed by atoms with Crippen molar-refractivity contribution in [2.75, 3.05) is 26.2 Å². The van der Waals surface area contributed by atoms with Gasteiger partial charge in [0.25, 0.3) is 0 Å². The average molecular weight is 333 g/mol. The van der Waals surface area contributed by atoms with Crippen LogP contribution in [0.5, 0.6) is 0 Å². The van der Waals surface area contributed by atoms with Gasteiger partial charge in [-0.3, -0.25) is 4.79 Å². The van der Waals surface area contributed by atoms with Crippen molar-refractivity contribution in [3.05, 3.63) is 23.7 Å². The summed E-state index contributed by atoms with van der Waals surface area (Å²) in [5.41, 5.74) is 0. The van der Waals surface area contributed by atoms with Gasteiger partial charge in [-0.05, 0) is 31.4 Å². The van der Waals surface area contributed by atoms with Crippen molar-refractivity contribution in [1.29, 1.82) is 0 Å². The molecular weight excluding hydrogens is 306 g/mol. The lowest BCUT2D eigenvalue weighted by Crippen LogP contribution is -2.51. The second-order valence-corrected chi connectivity index (χ2v) is 6.62. The SMILES string of the molecule is CCc1ccc([C@H]2CCCCCN2C(=O)CN2CCCNC2=O)o1. The number of nitrogens with one attached hydrogen (secondary N) is 1. The molecule has 0 aliphatic carbocycles. The lowest BCUT2D eigenvalue weighted by atomic mass is 10.1. The summed E-state index contributed by atoms with van der Waals surface area (Å²) in [5.74, 6) is 1.86. The zero-order valence-corrected chi connectivity index (χ0v) is 14.4. The van der Waals surface area contributed by atoms with E-state index in [2.05, 4.69) is 12.2 Å². The van der Waals surface area contributed by atoms with Gasteiger partial charge in [0.05, 0.1) is 6.04 Å². The van der Waals surface area contributed by atoms with E-state index in [-0.39, 0.29) is 24.5 Å². The van der Waals surface area contributed by atoms with Crippen molar-refractivity contribution >= 4 is 11.9 Å². The van der Waals surface area contributed by atoms with Crippen LogP contribution in [-0.2, 0) is 11.2 Å². The van der Waals surface area contributed by atoms with Crippen LogP contribution in [-0.4, -0.2) is 47.9 Å². The van der Waals surface area contributed by atoms with E-state index in [9.17, 15) is 9.59 Å². The highest BCUT2D eigenvalue weighted by Crippen LogP contribution is 2.31. The molecule has 0 aromatic carbocycles. The lowest BCUT2D eigenvalue weighted by Gasteiger charge is -2.33. The number of carbonyl (C=O) groups excluding carboxylic acids is 2. The molecule has 2 fully saturated rings. The van der Waals surface area contributed by atoms with Crippen molar-refractivity contribution in [2.45, 2.75) is 51.5 Å². The van der Waals surface area contributed by atoms with E-state index >= 15 is 0 Å². The Bertz CT molecular complexity index is 584. The Balaban J connectivity index is 1.73. The van der Waals surface area contributed by atoms with Gasteiger partial charge in [-0.2, -0.15) is 0 Å². The fourth-order valence-corrected chi connectivity index (χ4v) is 3.55. The van der Waals surface area contributed by atoms with E-state index in [0.29, 0.717) is 13.1 Å².